The summed E-state index contributed by atoms with van der Waals surface area (Å²) in [5.74, 6) is -0.396. The Balaban J connectivity index is 1.57. The molecule has 8 nitrogen and oxygen atoms in total. The van der Waals surface area contributed by atoms with E-state index in [1.165, 1.54) is 17.8 Å². The van der Waals surface area contributed by atoms with Crippen LogP contribution in [0.5, 0.6) is 5.75 Å². The van der Waals surface area contributed by atoms with Gasteiger partial charge in [0.25, 0.3) is 0 Å². The molecule has 40 heavy (non-hydrogen) atoms. The number of esters is 1. The van der Waals surface area contributed by atoms with E-state index < -0.39 is 11.5 Å². The molecule has 1 N–H and O–H groups in total. The van der Waals surface area contributed by atoms with E-state index >= 15 is 0 Å². The number of rotatable bonds is 13. The maximum Gasteiger partial charge on any atom is 0.315 e. The number of carbonyl (C=O) groups is 3. The highest BCUT2D eigenvalue weighted by atomic mass is 32.2. The van der Waals surface area contributed by atoms with E-state index in [-0.39, 0.29) is 47.2 Å². The van der Waals surface area contributed by atoms with Crippen LogP contribution in [0.3, 0.4) is 0 Å². The first-order valence-electron chi connectivity index (χ1n) is 13.8. The topological polar surface area (TPSA) is 99.1 Å². The van der Waals surface area contributed by atoms with Gasteiger partial charge in [0, 0.05) is 35.6 Å². The Kier molecular flexibility index (Phi) is 10.5. The minimum absolute atomic E-state index is 0.00961. The highest BCUT2D eigenvalue weighted by Gasteiger charge is 2.83. The zero-order valence-electron chi connectivity index (χ0n) is 24.4. The van der Waals surface area contributed by atoms with Gasteiger partial charge < -0.3 is 19.3 Å². The van der Waals surface area contributed by atoms with Gasteiger partial charge in [-0.05, 0) is 77.5 Å². The third kappa shape index (κ3) is 6.71. The smallest absolute Gasteiger partial charge is 0.315 e. The molecule has 0 radical (unpaired) electrons. The quantitative estimate of drug-likeness (QED) is 0.0595. The van der Waals surface area contributed by atoms with Crippen LogP contribution in [0.15, 0.2) is 30.3 Å². The summed E-state index contributed by atoms with van der Waals surface area (Å²) in [6.45, 7) is 11.3. The number of nitrogens with zero attached hydrogens (tertiary/aromatic N) is 1. The zero-order valence-corrected chi connectivity index (χ0v) is 26.0. The summed E-state index contributed by atoms with van der Waals surface area (Å²) >= 11 is 6.85. The molecule has 4 unspecified atom stereocenters. The first kappa shape index (κ1) is 32.1. The van der Waals surface area contributed by atoms with E-state index in [1.807, 2.05) is 20.8 Å². The number of quaternary nitrogens is 1. The van der Waals surface area contributed by atoms with Crippen molar-refractivity contribution >= 4 is 51.8 Å². The number of hydrogen-bond donors (Lipinski definition) is 1. The highest BCUT2D eigenvalue weighted by Crippen LogP contribution is 2.61. The summed E-state index contributed by atoms with van der Waals surface area (Å²) in [7, 11) is 1.55. The Labute approximate surface area is 247 Å². The number of benzene rings is 1. The third-order valence-electron chi connectivity index (χ3n) is 8.38. The van der Waals surface area contributed by atoms with Crippen LogP contribution in [0.2, 0.25) is 0 Å². The molecule has 2 heterocycles. The van der Waals surface area contributed by atoms with Gasteiger partial charge >= 0.3 is 11.9 Å². The lowest BCUT2D eigenvalue weighted by Gasteiger charge is -2.23. The van der Waals surface area contributed by atoms with E-state index in [0.29, 0.717) is 46.0 Å². The number of ketones is 1. The minimum atomic E-state index is -0.557. The average molecular weight is 593 g/mol. The number of ether oxygens (including phenoxy) is 3. The minimum Gasteiger partial charge on any atom is -0.507 e. The summed E-state index contributed by atoms with van der Waals surface area (Å²) in [5.41, 5.74) is -0.0465. The molecule has 10 heteroatoms. The van der Waals surface area contributed by atoms with Gasteiger partial charge in [0.15, 0.2) is 17.4 Å². The predicted octanol–water partition coefficient (Wildman–Crippen LogP) is 5.62. The van der Waals surface area contributed by atoms with Crippen LogP contribution in [-0.4, -0.2) is 74.8 Å². The van der Waals surface area contributed by atoms with Gasteiger partial charge in [-0.1, -0.05) is 11.8 Å². The largest absolute Gasteiger partial charge is 0.507 e. The lowest BCUT2D eigenvalue weighted by molar-refractivity contribution is -0.756. The summed E-state index contributed by atoms with van der Waals surface area (Å²) in [6.07, 6.45) is 3.70. The molecule has 1 spiro atoms. The fourth-order valence-corrected chi connectivity index (χ4v) is 7.76. The van der Waals surface area contributed by atoms with Crippen molar-refractivity contribution in [2.75, 3.05) is 26.9 Å². The lowest BCUT2D eigenvalue weighted by atomic mass is 9.88. The zero-order chi connectivity index (χ0) is 29.7. The molecule has 1 amide bonds. The Hall–Kier alpha value is -2.43. The van der Waals surface area contributed by atoms with Gasteiger partial charge in [-0.15, -0.1) is 0 Å². The Morgan fingerprint density at radius 2 is 1.95 bits per heavy atom. The number of methoxy groups -OCH3 is 1. The molecule has 0 bridgehead atoms. The maximum absolute atomic E-state index is 13.2. The molecule has 220 valence electrons. The van der Waals surface area contributed by atoms with Gasteiger partial charge in [0.2, 0.25) is 4.38 Å². The van der Waals surface area contributed by atoms with Gasteiger partial charge in [-0.3, -0.25) is 9.59 Å². The number of thioether (sulfide) groups is 1. The molecule has 3 rings (SSSR count). The van der Waals surface area contributed by atoms with Crippen molar-refractivity contribution in [3.63, 3.8) is 0 Å². The number of allylic oxidation sites excluding steroid dienone is 1. The first-order chi connectivity index (χ1) is 18.8. The van der Waals surface area contributed by atoms with E-state index in [2.05, 4.69) is 13.8 Å². The van der Waals surface area contributed by atoms with Crippen LogP contribution in [0.25, 0.3) is 5.76 Å². The molecule has 0 aromatic heterocycles. The first-order valence-corrected chi connectivity index (χ1v) is 15.1. The van der Waals surface area contributed by atoms with Gasteiger partial charge in [-0.2, -0.15) is 0 Å². The average Bonchev–Trinajstić information content (AvgIpc) is 3.17. The van der Waals surface area contributed by atoms with Crippen LogP contribution in [0, 0.1) is 5.92 Å². The molecule has 2 saturated heterocycles. The van der Waals surface area contributed by atoms with Crippen molar-refractivity contribution in [1.29, 1.82) is 0 Å². The monoisotopic (exact) mass is 592 g/mol. The Morgan fingerprint density at radius 1 is 1.27 bits per heavy atom. The summed E-state index contributed by atoms with van der Waals surface area (Å²) in [4.78, 5) is 38.7. The van der Waals surface area contributed by atoms with Crippen LogP contribution in [0.4, 0.5) is 0 Å². The van der Waals surface area contributed by atoms with E-state index in [1.54, 1.807) is 31.4 Å². The molecule has 2 aliphatic heterocycles. The number of amides is 1. The number of aliphatic hydroxyl groups excluding tert-OH is 1. The van der Waals surface area contributed by atoms with Gasteiger partial charge in [-0.25, -0.2) is 9.28 Å². The van der Waals surface area contributed by atoms with Crippen LogP contribution in [-0.2, 0) is 23.9 Å². The van der Waals surface area contributed by atoms with E-state index in [4.69, 9.17) is 26.4 Å². The van der Waals surface area contributed by atoms with Crippen molar-refractivity contribution in [3.05, 3.63) is 35.9 Å². The van der Waals surface area contributed by atoms with Crippen molar-refractivity contribution in [2.45, 2.75) is 83.1 Å². The van der Waals surface area contributed by atoms with Gasteiger partial charge in [0.1, 0.15) is 17.4 Å². The second kappa shape index (κ2) is 13.0. The van der Waals surface area contributed by atoms with Crippen LogP contribution in [0.1, 0.15) is 72.3 Å². The lowest BCUT2D eigenvalue weighted by Crippen LogP contribution is -2.42. The molecule has 0 aliphatic carbocycles. The molecule has 2 aliphatic rings. The number of hydrogen-bond acceptors (Lipinski definition) is 9. The van der Waals surface area contributed by atoms with E-state index in [0.717, 1.165) is 13.0 Å². The molecule has 1 aromatic carbocycles. The van der Waals surface area contributed by atoms with Crippen molar-refractivity contribution in [2.24, 2.45) is 5.92 Å². The third-order valence-corrected chi connectivity index (χ3v) is 9.75. The SMILES string of the molecule is CCOC(=S)SC(C)(C)CC1C(C)(C(C)C(=O)OCCCC(=O)C=C(O)c2ccc(OC)cc2)[N+]12CCCC2=O. The maximum atomic E-state index is 13.2. The number of thiocarbonyl (C=S) groups is 1. The molecule has 4 atom stereocenters. The van der Waals surface area contributed by atoms with Crippen molar-refractivity contribution < 1.29 is 38.2 Å². The molecule has 0 saturated carbocycles. The highest BCUT2D eigenvalue weighted by molar-refractivity contribution is 8.23. The Morgan fingerprint density at radius 3 is 2.52 bits per heavy atom. The summed E-state index contributed by atoms with van der Waals surface area (Å²) in [5, 5.41) is 10.2. The molecular formula is C30H42NO7S2+. The standard InChI is InChI=1S/C30H41NO7S2/c1-7-37-28(39)40-29(3,4)19-25-30(5,31(25)16-8-11-26(31)34)20(2)27(35)38-17-9-10-22(32)18-24(33)21-12-14-23(36-6)15-13-21/h12-15,18,20,25H,7-11,16-17,19H2,1-6H3/p+1. The number of carbonyl (C=O) groups excluding carboxylic acids is 3. The normalized spacial score (nSPS) is 25.0. The predicted molar refractivity (Wildman–Crippen MR) is 160 cm³/mol. The van der Waals surface area contributed by atoms with E-state index in [9.17, 15) is 19.5 Å². The number of aliphatic hydroxyl groups is 1. The van der Waals surface area contributed by atoms with Crippen LogP contribution < -0.4 is 4.74 Å². The van der Waals surface area contributed by atoms with Crippen molar-refractivity contribution in [1.82, 2.24) is 0 Å². The van der Waals surface area contributed by atoms with Crippen LogP contribution >= 0.6 is 24.0 Å². The fourth-order valence-electron chi connectivity index (χ4n) is 6.10. The fraction of sp³-hybridized carbons (Fsp3) is 0.600. The molecular weight excluding hydrogens is 550 g/mol. The molecule has 1 aromatic rings. The second-order valence-corrected chi connectivity index (χ2v) is 13.6. The van der Waals surface area contributed by atoms with Crippen molar-refractivity contribution in [3.8, 4) is 5.75 Å². The Bertz CT molecular complexity index is 1150. The second-order valence-electron chi connectivity index (χ2n) is 11.3. The summed E-state index contributed by atoms with van der Waals surface area (Å²) < 4.78 is 16.7. The molecule has 2 fully saturated rings. The van der Waals surface area contributed by atoms with Gasteiger partial charge in [0.05, 0.1) is 33.3 Å². The summed E-state index contributed by atoms with van der Waals surface area (Å²) in [6, 6.07) is 6.73.